The Morgan fingerprint density at radius 3 is 3.17 bits per heavy atom. The molecule has 1 aliphatic rings. The predicted octanol–water partition coefficient (Wildman–Crippen LogP) is 1.99. The monoisotopic (exact) mass is 247 g/mol. The first kappa shape index (κ1) is 8.69. The highest BCUT2D eigenvalue weighted by Gasteiger charge is 2.30. The van der Waals surface area contributed by atoms with Gasteiger partial charge in [0, 0.05) is 17.3 Å². The molecule has 2 atom stereocenters. The van der Waals surface area contributed by atoms with Gasteiger partial charge in [-0.3, -0.25) is 0 Å². The van der Waals surface area contributed by atoms with Crippen LogP contribution in [0.2, 0.25) is 0 Å². The molecule has 0 saturated carbocycles. The van der Waals surface area contributed by atoms with E-state index in [4.69, 9.17) is 5.73 Å². The molecule has 0 spiro atoms. The van der Waals surface area contributed by atoms with E-state index in [1.807, 2.05) is 6.07 Å². The van der Waals surface area contributed by atoms with Gasteiger partial charge in [-0.25, -0.2) is 0 Å². The summed E-state index contributed by atoms with van der Waals surface area (Å²) in [7, 11) is 0. The maximum Gasteiger partial charge on any atom is 0.0807 e. The van der Waals surface area contributed by atoms with E-state index in [0.29, 0.717) is 12.5 Å². The second-order valence-electron chi connectivity index (χ2n) is 3.05. The van der Waals surface area contributed by atoms with Crippen LogP contribution in [0.3, 0.4) is 0 Å². The number of aliphatic hydroxyl groups is 1. The van der Waals surface area contributed by atoms with Crippen molar-refractivity contribution in [3.63, 3.8) is 0 Å². The third-order valence-electron chi connectivity index (χ3n) is 2.28. The Morgan fingerprint density at radius 2 is 2.50 bits per heavy atom. The number of thiophene rings is 1. The van der Waals surface area contributed by atoms with Gasteiger partial charge in [-0.1, -0.05) is 0 Å². The first-order valence-corrected chi connectivity index (χ1v) is 5.50. The Kier molecular flexibility index (Phi) is 2.25. The molecule has 4 heteroatoms. The van der Waals surface area contributed by atoms with Gasteiger partial charge in [0.25, 0.3) is 0 Å². The van der Waals surface area contributed by atoms with Crippen LogP contribution >= 0.6 is 27.3 Å². The second kappa shape index (κ2) is 3.10. The Balaban J connectivity index is 2.41. The molecule has 2 rings (SSSR count). The van der Waals surface area contributed by atoms with E-state index in [9.17, 15) is 5.11 Å². The van der Waals surface area contributed by atoms with E-state index >= 15 is 0 Å². The van der Waals surface area contributed by atoms with E-state index in [0.717, 1.165) is 15.8 Å². The molecule has 3 N–H and O–H groups in total. The standard InChI is InChI=1S/C8H10BrNOS/c9-7-2-5-6(11)1-4(3-10)8(5)12-7/h2,4,6,11H,1,3,10H2. The van der Waals surface area contributed by atoms with Gasteiger partial charge in [0.15, 0.2) is 0 Å². The third kappa shape index (κ3) is 1.23. The molecule has 0 fully saturated rings. The molecule has 0 aromatic carbocycles. The van der Waals surface area contributed by atoms with Gasteiger partial charge >= 0.3 is 0 Å². The highest BCUT2D eigenvalue weighted by molar-refractivity contribution is 9.11. The Morgan fingerprint density at radius 1 is 1.75 bits per heavy atom. The lowest BCUT2D eigenvalue weighted by atomic mass is 10.1. The predicted molar refractivity (Wildman–Crippen MR) is 53.4 cm³/mol. The van der Waals surface area contributed by atoms with Gasteiger partial charge in [0.05, 0.1) is 9.89 Å². The molecule has 1 aromatic heterocycles. The Bertz CT molecular complexity index is 299. The van der Waals surface area contributed by atoms with Gasteiger partial charge in [-0.05, 0) is 34.0 Å². The molecule has 0 saturated heterocycles. The summed E-state index contributed by atoms with van der Waals surface area (Å²) in [6.45, 7) is 0.636. The number of hydrogen-bond donors (Lipinski definition) is 2. The summed E-state index contributed by atoms with van der Waals surface area (Å²) in [5, 5.41) is 9.63. The molecule has 2 nitrogen and oxygen atoms in total. The maximum atomic E-state index is 9.63. The van der Waals surface area contributed by atoms with E-state index in [1.165, 1.54) is 4.88 Å². The molecule has 2 unspecified atom stereocenters. The molecule has 1 heterocycles. The van der Waals surface area contributed by atoms with Crippen LogP contribution in [-0.4, -0.2) is 11.7 Å². The largest absolute Gasteiger partial charge is 0.388 e. The van der Waals surface area contributed by atoms with E-state index in [2.05, 4.69) is 15.9 Å². The average Bonchev–Trinajstić information content (AvgIpc) is 2.52. The average molecular weight is 248 g/mol. The summed E-state index contributed by atoms with van der Waals surface area (Å²) in [4.78, 5) is 1.26. The van der Waals surface area contributed by atoms with Gasteiger partial charge in [-0.2, -0.15) is 0 Å². The number of hydrogen-bond acceptors (Lipinski definition) is 3. The fourth-order valence-electron chi connectivity index (χ4n) is 1.67. The quantitative estimate of drug-likeness (QED) is 0.798. The van der Waals surface area contributed by atoms with Crippen LogP contribution in [0.4, 0.5) is 0 Å². The van der Waals surface area contributed by atoms with Crippen molar-refractivity contribution in [2.45, 2.75) is 18.4 Å². The summed E-state index contributed by atoms with van der Waals surface area (Å²) < 4.78 is 1.09. The molecule has 1 aromatic rings. The minimum absolute atomic E-state index is 0.295. The molecule has 0 bridgehead atoms. The van der Waals surface area contributed by atoms with Crippen molar-refractivity contribution < 1.29 is 5.11 Å². The lowest BCUT2D eigenvalue weighted by molar-refractivity contribution is 0.173. The fourth-order valence-corrected chi connectivity index (χ4v) is 3.51. The summed E-state index contributed by atoms with van der Waals surface area (Å²) in [6.07, 6.45) is 0.501. The zero-order valence-corrected chi connectivity index (χ0v) is 8.86. The summed E-state index contributed by atoms with van der Waals surface area (Å²) in [6, 6.07) is 2.00. The number of aliphatic hydroxyl groups excluding tert-OH is 1. The van der Waals surface area contributed by atoms with Crippen molar-refractivity contribution in [2.24, 2.45) is 5.73 Å². The number of nitrogens with two attached hydrogens (primary N) is 1. The molecule has 0 aliphatic heterocycles. The zero-order valence-electron chi connectivity index (χ0n) is 6.46. The van der Waals surface area contributed by atoms with E-state index in [-0.39, 0.29) is 6.10 Å². The van der Waals surface area contributed by atoms with Crippen molar-refractivity contribution in [3.8, 4) is 0 Å². The summed E-state index contributed by atoms with van der Waals surface area (Å²) in [5.74, 6) is 0.367. The molecular weight excluding hydrogens is 238 g/mol. The topological polar surface area (TPSA) is 46.2 Å². The Labute approximate surface area is 83.5 Å². The lowest BCUT2D eigenvalue weighted by Gasteiger charge is -2.04. The highest BCUT2D eigenvalue weighted by Crippen LogP contribution is 2.45. The Hall–Kier alpha value is 0.1000. The highest BCUT2D eigenvalue weighted by atomic mass is 79.9. The van der Waals surface area contributed by atoms with Crippen molar-refractivity contribution in [1.82, 2.24) is 0 Å². The van der Waals surface area contributed by atoms with Crippen LogP contribution in [0.25, 0.3) is 0 Å². The number of rotatable bonds is 1. The first-order valence-electron chi connectivity index (χ1n) is 3.89. The SMILES string of the molecule is NCC1CC(O)c2cc(Br)sc21. The van der Waals surface area contributed by atoms with Crippen molar-refractivity contribution in [1.29, 1.82) is 0 Å². The number of halogens is 1. The van der Waals surface area contributed by atoms with Crippen LogP contribution in [0.1, 0.15) is 28.9 Å². The maximum absolute atomic E-state index is 9.63. The van der Waals surface area contributed by atoms with Gasteiger partial charge in [0.2, 0.25) is 0 Å². The molecular formula is C8H10BrNOS. The fraction of sp³-hybridized carbons (Fsp3) is 0.500. The van der Waals surface area contributed by atoms with Crippen molar-refractivity contribution in [2.75, 3.05) is 6.54 Å². The zero-order chi connectivity index (χ0) is 8.72. The lowest BCUT2D eigenvalue weighted by Crippen LogP contribution is -2.08. The van der Waals surface area contributed by atoms with E-state index in [1.54, 1.807) is 11.3 Å². The molecule has 0 radical (unpaired) electrons. The second-order valence-corrected chi connectivity index (χ2v) is 5.52. The smallest absolute Gasteiger partial charge is 0.0807 e. The minimum atomic E-state index is -0.295. The van der Waals surface area contributed by atoms with Crippen molar-refractivity contribution >= 4 is 27.3 Å². The first-order chi connectivity index (χ1) is 5.72. The minimum Gasteiger partial charge on any atom is -0.388 e. The van der Waals surface area contributed by atoms with Gasteiger partial charge in [0.1, 0.15) is 0 Å². The molecule has 66 valence electrons. The van der Waals surface area contributed by atoms with Gasteiger partial charge in [-0.15, -0.1) is 11.3 Å². The third-order valence-corrected chi connectivity index (χ3v) is 4.10. The molecule has 1 aliphatic carbocycles. The summed E-state index contributed by atoms with van der Waals surface area (Å²) in [5.41, 5.74) is 6.67. The van der Waals surface area contributed by atoms with Crippen LogP contribution in [0.5, 0.6) is 0 Å². The normalized spacial score (nSPS) is 27.6. The van der Waals surface area contributed by atoms with Gasteiger partial charge < -0.3 is 10.8 Å². The molecule has 12 heavy (non-hydrogen) atoms. The van der Waals surface area contributed by atoms with Crippen LogP contribution in [0, 0.1) is 0 Å². The summed E-state index contributed by atoms with van der Waals surface area (Å²) >= 11 is 5.10. The van der Waals surface area contributed by atoms with Crippen LogP contribution in [-0.2, 0) is 0 Å². The number of fused-ring (bicyclic) bond motifs is 1. The van der Waals surface area contributed by atoms with Crippen LogP contribution in [0.15, 0.2) is 9.85 Å². The van der Waals surface area contributed by atoms with Crippen molar-refractivity contribution in [3.05, 3.63) is 20.3 Å². The van der Waals surface area contributed by atoms with E-state index < -0.39 is 0 Å². The molecule has 0 amide bonds. The van der Waals surface area contributed by atoms with Crippen LogP contribution < -0.4 is 5.73 Å².